The third-order valence-corrected chi connectivity index (χ3v) is 4.34. The fraction of sp³-hybridized carbons (Fsp3) is 0.222. The van der Waals surface area contributed by atoms with Crippen LogP contribution in [0.1, 0.15) is 23.2 Å². The van der Waals surface area contributed by atoms with E-state index in [0.29, 0.717) is 22.2 Å². The van der Waals surface area contributed by atoms with Crippen molar-refractivity contribution in [2.24, 2.45) is 0 Å². The molecular weight excluding hydrogens is 417 g/mol. The number of carbonyl (C=O) groups excluding carboxylic acids is 1. The average Bonchev–Trinajstić information content (AvgIpc) is 2.61. The summed E-state index contributed by atoms with van der Waals surface area (Å²) in [5.74, 6) is -0.890. The molecule has 2 N–H and O–H groups in total. The maximum atomic E-state index is 12.1. The molecule has 0 bridgehead atoms. The second-order valence-corrected chi connectivity index (χ2v) is 6.66. The zero-order valence-corrected chi connectivity index (χ0v) is 16.5. The first-order valence-corrected chi connectivity index (χ1v) is 8.93. The lowest BCUT2D eigenvalue weighted by molar-refractivity contribution is -0.116. The number of nitrogens with one attached hydrogen (secondary N) is 1. The largest absolute Gasteiger partial charge is 0.496 e. The molecule has 2 aromatic carbocycles. The Morgan fingerprint density at radius 1 is 1.07 bits per heavy atom. The highest BCUT2D eigenvalue weighted by Crippen LogP contribution is 2.31. The topological polar surface area (TPSA) is 84.9 Å². The maximum Gasteiger partial charge on any atom is 0.339 e. The average molecular weight is 433 g/mol. The van der Waals surface area contributed by atoms with Gasteiger partial charge in [0.05, 0.1) is 29.4 Å². The molecule has 0 unspecified atom stereocenters. The van der Waals surface area contributed by atoms with Gasteiger partial charge in [-0.1, -0.05) is 34.8 Å². The van der Waals surface area contributed by atoms with Crippen molar-refractivity contribution in [2.45, 2.75) is 12.8 Å². The van der Waals surface area contributed by atoms with Crippen LogP contribution >= 0.6 is 34.8 Å². The summed E-state index contributed by atoms with van der Waals surface area (Å²) < 4.78 is 10.5. The minimum absolute atomic E-state index is 0.0891. The molecule has 0 fully saturated rings. The van der Waals surface area contributed by atoms with Crippen LogP contribution in [0.3, 0.4) is 0 Å². The summed E-state index contributed by atoms with van der Waals surface area (Å²) in [6.45, 7) is 0.282. The quantitative estimate of drug-likeness (QED) is 0.563. The van der Waals surface area contributed by atoms with Gasteiger partial charge in [-0.25, -0.2) is 4.79 Å². The standard InChI is InChI=1S/C18H16Cl3NO5/c1-26-16-9-14(12(20)8-11(16)18(24)25)22-17(23)3-2-6-27-15-5-4-10(19)7-13(15)21/h4-5,7-9H,2-3,6H2,1H3,(H,22,23)(H,24,25). The molecule has 0 radical (unpaired) electrons. The molecule has 0 aliphatic carbocycles. The Morgan fingerprint density at radius 3 is 2.44 bits per heavy atom. The molecule has 6 nitrogen and oxygen atoms in total. The zero-order chi connectivity index (χ0) is 20.0. The molecule has 0 heterocycles. The lowest BCUT2D eigenvalue weighted by Gasteiger charge is -2.12. The third-order valence-electron chi connectivity index (χ3n) is 3.49. The van der Waals surface area contributed by atoms with E-state index in [1.165, 1.54) is 19.2 Å². The molecule has 0 saturated carbocycles. The van der Waals surface area contributed by atoms with Crippen LogP contribution in [0, 0.1) is 0 Å². The number of amides is 1. The summed E-state index contributed by atoms with van der Waals surface area (Å²) in [5, 5.41) is 12.7. The van der Waals surface area contributed by atoms with E-state index in [1.54, 1.807) is 18.2 Å². The van der Waals surface area contributed by atoms with Gasteiger partial charge in [-0.15, -0.1) is 0 Å². The molecule has 0 aliphatic heterocycles. The summed E-state index contributed by atoms with van der Waals surface area (Å²) in [5.41, 5.74) is 0.180. The number of carboxylic acids is 1. The molecule has 2 aromatic rings. The van der Waals surface area contributed by atoms with Crippen LogP contribution in [-0.4, -0.2) is 30.7 Å². The molecule has 0 aromatic heterocycles. The molecule has 144 valence electrons. The van der Waals surface area contributed by atoms with Crippen molar-refractivity contribution in [3.63, 3.8) is 0 Å². The van der Waals surface area contributed by atoms with E-state index in [0.717, 1.165) is 0 Å². The van der Waals surface area contributed by atoms with E-state index < -0.39 is 5.97 Å². The number of hydrogen-bond donors (Lipinski definition) is 2. The van der Waals surface area contributed by atoms with Crippen molar-refractivity contribution in [3.8, 4) is 11.5 Å². The number of rotatable bonds is 8. The van der Waals surface area contributed by atoms with Gasteiger partial charge in [0.25, 0.3) is 0 Å². The molecule has 0 saturated heterocycles. The van der Waals surface area contributed by atoms with Crippen LogP contribution in [-0.2, 0) is 4.79 Å². The van der Waals surface area contributed by atoms with E-state index in [1.807, 2.05) is 0 Å². The molecule has 0 atom stereocenters. The molecule has 0 spiro atoms. The molecule has 2 rings (SSSR count). The van der Waals surface area contributed by atoms with Crippen LogP contribution in [0.4, 0.5) is 5.69 Å². The fourth-order valence-corrected chi connectivity index (χ4v) is 2.88. The van der Waals surface area contributed by atoms with E-state index in [2.05, 4.69) is 5.32 Å². The monoisotopic (exact) mass is 431 g/mol. The highest BCUT2D eigenvalue weighted by molar-refractivity contribution is 6.35. The summed E-state index contributed by atoms with van der Waals surface area (Å²) in [4.78, 5) is 23.2. The second-order valence-electron chi connectivity index (χ2n) is 5.41. The molecule has 1 amide bonds. The Hall–Kier alpha value is -2.15. The number of carbonyl (C=O) groups is 2. The van der Waals surface area contributed by atoms with E-state index in [-0.39, 0.29) is 41.0 Å². The molecule has 27 heavy (non-hydrogen) atoms. The highest BCUT2D eigenvalue weighted by atomic mass is 35.5. The van der Waals surface area contributed by atoms with Crippen molar-refractivity contribution in [3.05, 3.63) is 51.0 Å². The molecular formula is C18H16Cl3NO5. The Morgan fingerprint density at radius 2 is 1.81 bits per heavy atom. The van der Waals surface area contributed by atoms with Gasteiger partial charge < -0.3 is 19.9 Å². The molecule has 0 aliphatic rings. The fourth-order valence-electron chi connectivity index (χ4n) is 2.21. The van der Waals surface area contributed by atoms with E-state index in [4.69, 9.17) is 49.4 Å². The first-order chi connectivity index (χ1) is 12.8. The first-order valence-electron chi connectivity index (χ1n) is 7.80. The van der Waals surface area contributed by atoms with Gasteiger partial charge in [0, 0.05) is 17.5 Å². The number of carboxylic acid groups (broad SMARTS) is 1. The minimum Gasteiger partial charge on any atom is -0.496 e. The Bertz CT molecular complexity index is 857. The summed E-state index contributed by atoms with van der Waals surface area (Å²) in [6, 6.07) is 7.48. The second kappa shape index (κ2) is 9.69. The maximum absolute atomic E-state index is 12.1. The van der Waals surface area contributed by atoms with Crippen molar-refractivity contribution >= 4 is 52.4 Å². The predicted molar refractivity (Wildman–Crippen MR) is 105 cm³/mol. The number of aromatic carboxylic acids is 1. The Balaban J connectivity index is 1.89. The number of methoxy groups -OCH3 is 1. The third kappa shape index (κ3) is 5.92. The zero-order valence-electron chi connectivity index (χ0n) is 14.2. The summed E-state index contributed by atoms with van der Waals surface area (Å²) >= 11 is 17.8. The first kappa shape index (κ1) is 21.2. The smallest absolute Gasteiger partial charge is 0.339 e. The number of anilines is 1. The highest BCUT2D eigenvalue weighted by Gasteiger charge is 2.16. The van der Waals surface area contributed by atoms with E-state index in [9.17, 15) is 9.59 Å². The van der Waals surface area contributed by atoms with Gasteiger partial charge in [-0.3, -0.25) is 4.79 Å². The predicted octanol–water partition coefficient (Wildman–Crippen LogP) is 5.15. The van der Waals surface area contributed by atoms with Gasteiger partial charge in [0.15, 0.2) is 0 Å². The summed E-state index contributed by atoms with van der Waals surface area (Å²) in [7, 11) is 1.33. The SMILES string of the molecule is COc1cc(NC(=O)CCCOc2ccc(Cl)cc2Cl)c(Cl)cc1C(=O)O. The Kier molecular flexibility index (Phi) is 7.59. The van der Waals surface area contributed by atoms with Crippen molar-refractivity contribution in [1.82, 2.24) is 0 Å². The number of halogens is 3. The number of ether oxygens (including phenoxy) is 2. The van der Waals surface area contributed by atoms with Crippen LogP contribution in [0.5, 0.6) is 11.5 Å². The van der Waals surface area contributed by atoms with Crippen molar-refractivity contribution < 1.29 is 24.2 Å². The van der Waals surface area contributed by atoms with Gasteiger partial charge in [-0.2, -0.15) is 0 Å². The van der Waals surface area contributed by atoms with Crippen LogP contribution in [0.2, 0.25) is 15.1 Å². The minimum atomic E-state index is -1.18. The number of benzene rings is 2. The van der Waals surface area contributed by atoms with Gasteiger partial charge >= 0.3 is 5.97 Å². The lowest BCUT2D eigenvalue weighted by atomic mass is 10.1. The van der Waals surface area contributed by atoms with Gasteiger partial charge in [-0.05, 0) is 30.7 Å². The number of hydrogen-bond acceptors (Lipinski definition) is 4. The van der Waals surface area contributed by atoms with Crippen LogP contribution < -0.4 is 14.8 Å². The lowest BCUT2D eigenvalue weighted by Crippen LogP contribution is -2.14. The van der Waals surface area contributed by atoms with Crippen LogP contribution in [0.25, 0.3) is 0 Å². The Labute approximate surface area is 170 Å². The van der Waals surface area contributed by atoms with Crippen molar-refractivity contribution in [2.75, 3.05) is 19.0 Å². The van der Waals surface area contributed by atoms with Gasteiger partial charge in [0.1, 0.15) is 17.1 Å². The molecule has 9 heteroatoms. The normalized spacial score (nSPS) is 10.4. The van der Waals surface area contributed by atoms with Crippen molar-refractivity contribution in [1.29, 1.82) is 0 Å². The summed E-state index contributed by atoms with van der Waals surface area (Å²) in [6.07, 6.45) is 0.608. The van der Waals surface area contributed by atoms with E-state index >= 15 is 0 Å². The van der Waals surface area contributed by atoms with Crippen LogP contribution in [0.15, 0.2) is 30.3 Å². The van der Waals surface area contributed by atoms with Gasteiger partial charge in [0.2, 0.25) is 5.91 Å².